The Kier molecular flexibility index (Phi) is 9.89. The van der Waals surface area contributed by atoms with Gasteiger partial charge < -0.3 is 14.4 Å². The summed E-state index contributed by atoms with van der Waals surface area (Å²) in [5.41, 5.74) is 10.0. The van der Waals surface area contributed by atoms with Crippen LogP contribution in [0.25, 0.3) is 65.8 Å². The van der Waals surface area contributed by atoms with E-state index in [1.165, 1.54) is 0 Å². The Morgan fingerprint density at radius 1 is 0.808 bits per heavy atom. The molecule has 0 saturated carbocycles. The van der Waals surface area contributed by atoms with Crippen molar-refractivity contribution in [3.63, 3.8) is 0 Å². The average Bonchev–Trinajstić information content (AvgIpc) is 3.74. The van der Waals surface area contributed by atoms with Crippen molar-refractivity contribution in [2.75, 3.05) is 0 Å². The fourth-order valence-corrected chi connectivity index (χ4v) is 7.51. The van der Waals surface area contributed by atoms with E-state index in [2.05, 4.69) is 69.9 Å². The average molecular weight is 880 g/mol. The van der Waals surface area contributed by atoms with Gasteiger partial charge in [0.25, 0.3) is 0 Å². The van der Waals surface area contributed by atoms with Gasteiger partial charge in [-0.3, -0.25) is 0 Å². The summed E-state index contributed by atoms with van der Waals surface area (Å²) in [4.78, 5) is 14.0. The predicted octanol–water partition coefficient (Wildman–Crippen LogP) is 12.8. The quantitative estimate of drug-likeness (QED) is 0.165. The Morgan fingerprint density at radius 2 is 1.58 bits per heavy atom. The molecule has 0 unspecified atom stereocenters. The minimum absolute atomic E-state index is 0. The van der Waals surface area contributed by atoms with E-state index in [0.29, 0.717) is 11.3 Å². The zero-order chi connectivity index (χ0) is 37.7. The summed E-state index contributed by atoms with van der Waals surface area (Å²) >= 11 is 1.73. The molecule has 0 spiro atoms. The zero-order valence-electron chi connectivity index (χ0n) is 32.8. The van der Waals surface area contributed by atoms with E-state index >= 15 is 0 Å². The van der Waals surface area contributed by atoms with E-state index in [4.69, 9.17) is 17.1 Å². The van der Waals surface area contributed by atoms with Gasteiger partial charge in [-0.2, -0.15) is 0 Å². The van der Waals surface area contributed by atoms with E-state index in [-0.39, 0.29) is 25.5 Å². The largest absolute Gasteiger partial charge is 0.501 e. The van der Waals surface area contributed by atoms with Gasteiger partial charge in [-0.25, -0.2) is 4.98 Å². The first-order valence-electron chi connectivity index (χ1n) is 18.3. The number of hydrogen-bond donors (Lipinski definition) is 0. The van der Waals surface area contributed by atoms with Gasteiger partial charge in [-0.15, -0.1) is 65.4 Å². The molecule has 0 fully saturated rings. The van der Waals surface area contributed by atoms with Crippen LogP contribution in [0, 0.1) is 31.4 Å². The summed E-state index contributed by atoms with van der Waals surface area (Å²) < 4.78 is 25.9. The van der Waals surface area contributed by atoms with E-state index in [1.54, 1.807) is 23.7 Å². The molecule has 0 bridgehead atoms. The predicted molar refractivity (Wildman–Crippen MR) is 214 cm³/mol. The molecule has 1 radical (unpaired) electrons. The number of rotatable bonds is 4. The maximum absolute atomic E-state index is 9.15. The second-order valence-corrected chi connectivity index (χ2v) is 16.0. The molecule has 4 nitrogen and oxygen atoms in total. The van der Waals surface area contributed by atoms with Gasteiger partial charge >= 0.3 is 0 Å². The van der Waals surface area contributed by atoms with Crippen LogP contribution in [0.5, 0.6) is 0 Å². The molecular weight excluding hydrogens is 835 g/mol. The van der Waals surface area contributed by atoms with Gasteiger partial charge in [0, 0.05) is 46.0 Å². The topological polar surface area (TPSA) is 51.8 Å². The molecule has 4 aromatic carbocycles. The smallest absolute Gasteiger partial charge is 0.122 e. The first-order valence-corrected chi connectivity index (χ1v) is 18.1. The summed E-state index contributed by atoms with van der Waals surface area (Å²) in [6.07, 6.45) is 1.89. The van der Waals surface area contributed by atoms with Gasteiger partial charge in [-0.1, -0.05) is 88.9 Å². The molecule has 265 valence electrons. The third kappa shape index (κ3) is 7.66. The molecule has 0 aliphatic rings. The molecule has 8 aromatic rings. The number of hydrogen-bond acceptors (Lipinski definition) is 5. The Labute approximate surface area is 327 Å². The van der Waals surface area contributed by atoms with Crippen LogP contribution in [-0.2, 0) is 31.9 Å². The van der Waals surface area contributed by atoms with Gasteiger partial charge in [0.15, 0.2) is 0 Å². The van der Waals surface area contributed by atoms with Gasteiger partial charge in [0.2, 0.25) is 0 Å². The van der Waals surface area contributed by atoms with Crippen molar-refractivity contribution >= 4 is 43.5 Å². The normalized spacial score (nSPS) is 12.6. The van der Waals surface area contributed by atoms with Gasteiger partial charge in [-0.05, 0) is 83.0 Å². The number of furan rings is 1. The van der Waals surface area contributed by atoms with Crippen molar-refractivity contribution in [3.8, 4) is 33.6 Å². The van der Waals surface area contributed by atoms with Crippen molar-refractivity contribution < 1.29 is 27.3 Å². The fraction of sp³-hybridized carbons (Fsp3) is 0.239. The third-order valence-electron chi connectivity index (χ3n) is 8.66. The maximum atomic E-state index is 9.15. The second-order valence-electron chi connectivity index (χ2n) is 15.0. The maximum Gasteiger partial charge on any atom is 0.122 e. The minimum Gasteiger partial charge on any atom is -0.501 e. The number of fused-ring (bicyclic) bond motifs is 5. The summed E-state index contributed by atoms with van der Waals surface area (Å²) in [6, 6.07) is 36.5. The van der Waals surface area contributed by atoms with Crippen LogP contribution < -0.4 is 0 Å². The molecule has 0 aliphatic carbocycles. The van der Waals surface area contributed by atoms with Crippen molar-refractivity contribution in [3.05, 3.63) is 137 Å². The SMILES string of the molecule is [2H]C([2H])(c1cnc(-c2[c-]ccc3c2oc2ccc4nc(C(C)(C)C)sc4c23)cc1-c1c(C)cccc1C)C(C)(C)C.[Ir].[c-]1ccccc1-c1ccccn1. The third-order valence-corrected chi connectivity index (χ3v) is 10.2. The number of thiazole rings is 1. The van der Waals surface area contributed by atoms with Crippen molar-refractivity contribution in [2.24, 2.45) is 5.41 Å². The van der Waals surface area contributed by atoms with Crippen LogP contribution in [-0.4, -0.2) is 15.0 Å². The number of aromatic nitrogens is 3. The fourth-order valence-electron chi connectivity index (χ4n) is 6.34. The minimum atomic E-state index is -1.61. The van der Waals surface area contributed by atoms with Gasteiger partial charge in [0.1, 0.15) is 5.58 Å². The van der Waals surface area contributed by atoms with E-state index in [0.717, 1.165) is 76.2 Å². The van der Waals surface area contributed by atoms with Crippen molar-refractivity contribution in [1.29, 1.82) is 0 Å². The molecule has 4 heterocycles. The molecule has 6 heteroatoms. The molecule has 4 aromatic heterocycles. The van der Waals surface area contributed by atoms with Crippen LogP contribution in [0.2, 0.25) is 0 Å². The molecule has 0 aliphatic heterocycles. The summed E-state index contributed by atoms with van der Waals surface area (Å²) in [5, 5.41) is 3.17. The first kappa shape index (κ1) is 34.6. The van der Waals surface area contributed by atoms with Crippen LogP contribution in [0.15, 0.2) is 108 Å². The molecular formula is C46H43IrN3OS-2. The van der Waals surface area contributed by atoms with Crippen LogP contribution in [0.3, 0.4) is 0 Å². The second kappa shape index (κ2) is 14.9. The van der Waals surface area contributed by atoms with E-state index in [9.17, 15) is 0 Å². The molecule has 0 amide bonds. The number of aryl methyl sites for hydroxylation is 2. The summed E-state index contributed by atoms with van der Waals surface area (Å²) in [6.45, 7) is 16.5. The summed E-state index contributed by atoms with van der Waals surface area (Å²) in [7, 11) is 0. The first-order chi connectivity index (χ1) is 25.1. The van der Waals surface area contributed by atoms with Crippen LogP contribution in [0.1, 0.15) is 66.0 Å². The van der Waals surface area contributed by atoms with Crippen molar-refractivity contribution in [1.82, 2.24) is 15.0 Å². The van der Waals surface area contributed by atoms with E-state index in [1.807, 2.05) is 93.6 Å². The Morgan fingerprint density at radius 3 is 2.25 bits per heavy atom. The summed E-state index contributed by atoms with van der Waals surface area (Å²) in [5.74, 6) is 0. The monoisotopic (exact) mass is 880 g/mol. The zero-order valence-corrected chi connectivity index (χ0v) is 34.0. The Bertz CT molecular complexity index is 2530. The number of nitrogens with zero attached hydrogens (tertiary/aromatic N) is 3. The molecule has 8 rings (SSSR count). The number of pyridine rings is 2. The standard InChI is InChI=1S/C35H35N2OS.C11H8N.Ir/c1-20-11-9-12-21(2)29(20)25-17-27(36-19-22(25)18-34(3,4)5)23-13-10-14-24-30-28(38-31(23)24)16-15-26-32(30)39-33(37-26)35(6,7)8;1-2-6-10(7-3-1)11-8-4-5-9-12-11;/h9-12,14-17,19H,18H2,1-8H3;1-6,8-9H;/q2*-1;/i18D2;;. The molecule has 0 N–H and O–H groups in total. The van der Waals surface area contributed by atoms with Gasteiger partial charge in [0.05, 0.1) is 20.8 Å². The molecule has 0 atom stereocenters. The number of benzene rings is 4. The van der Waals surface area contributed by atoms with Crippen LogP contribution >= 0.6 is 11.3 Å². The Hall–Kier alpha value is -4.48. The van der Waals surface area contributed by atoms with Crippen molar-refractivity contribution in [2.45, 2.75) is 67.2 Å². The molecule has 0 saturated heterocycles. The van der Waals surface area contributed by atoms with E-state index < -0.39 is 11.8 Å². The molecule has 52 heavy (non-hydrogen) atoms. The van der Waals surface area contributed by atoms with Crippen LogP contribution in [0.4, 0.5) is 0 Å². The Balaban J connectivity index is 0.000000324.